The molecule has 5 nitrogen and oxygen atoms in total. The molecular formula is C13H12N2O3. The Morgan fingerprint density at radius 2 is 2.11 bits per heavy atom. The first-order valence-electron chi connectivity index (χ1n) is 5.38. The van der Waals surface area contributed by atoms with Crippen molar-refractivity contribution in [1.29, 1.82) is 0 Å². The van der Waals surface area contributed by atoms with E-state index in [-0.39, 0.29) is 11.3 Å². The molecule has 1 heterocycles. The van der Waals surface area contributed by atoms with Crippen LogP contribution in [0.2, 0.25) is 0 Å². The van der Waals surface area contributed by atoms with Crippen molar-refractivity contribution >= 4 is 12.3 Å². The van der Waals surface area contributed by atoms with Crippen molar-refractivity contribution in [2.75, 3.05) is 0 Å². The van der Waals surface area contributed by atoms with Crippen LogP contribution in [0.1, 0.15) is 32.0 Å². The number of hydrogen-bond donors (Lipinski definition) is 1. The zero-order valence-electron chi connectivity index (χ0n) is 10.0. The molecule has 0 bridgehead atoms. The lowest BCUT2D eigenvalue weighted by Gasteiger charge is -2.06. The molecule has 0 atom stereocenters. The van der Waals surface area contributed by atoms with Crippen molar-refractivity contribution < 1.29 is 14.7 Å². The molecular weight excluding hydrogens is 232 g/mol. The largest absolute Gasteiger partial charge is 0.476 e. The Hall–Kier alpha value is -2.43. The maximum atomic E-state index is 10.9. The number of benzene rings is 1. The smallest absolute Gasteiger partial charge is 0.357 e. The standard InChI is InChI=1S/C13H12N2O3/c1-8-3-4-11(9(2)5-8)15-6-10(7-16)12(14-15)13(17)18/h3-7H,1-2H3,(H,17,18). The molecule has 2 aromatic rings. The van der Waals surface area contributed by atoms with E-state index in [0.29, 0.717) is 6.29 Å². The topological polar surface area (TPSA) is 72.2 Å². The van der Waals surface area contributed by atoms with Gasteiger partial charge in [-0.05, 0) is 25.5 Å². The van der Waals surface area contributed by atoms with Gasteiger partial charge in [0.2, 0.25) is 0 Å². The van der Waals surface area contributed by atoms with Crippen molar-refractivity contribution in [1.82, 2.24) is 9.78 Å². The Balaban J connectivity index is 2.58. The van der Waals surface area contributed by atoms with E-state index in [2.05, 4.69) is 5.10 Å². The first-order chi connectivity index (χ1) is 8.52. The lowest BCUT2D eigenvalue weighted by atomic mass is 10.1. The number of carboxylic acid groups (broad SMARTS) is 1. The van der Waals surface area contributed by atoms with Crippen LogP contribution in [0, 0.1) is 13.8 Å². The van der Waals surface area contributed by atoms with Crippen molar-refractivity contribution in [3.05, 3.63) is 46.8 Å². The molecule has 2 rings (SSSR count). The highest BCUT2D eigenvalue weighted by atomic mass is 16.4. The predicted octanol–water partition coefficient (Wildman–Crippen LogP) is 2.00. The van der Waals surface area contributed by atoms with Crippen molar-refractivity contribution in [3.8, 4) is 5.69 Å². The number of nitrogens with zero attached hydrogens (tertiary/aromatic N) is 2. The van der Waals surface area contributed by atoms with Crippen LogP contribution in [0.5, 0.6) is 0 Å². The van der Waals surface area contributed by atoms with Gasteiger partial charge in [-0.15, -0.1) is 0 Å². The molecule has 0 aliphatic carbocycles. The monoisotopic (exact) mass is 244 g/mol. The van der Waals surface area contributed by atoms with E-state index in [0.717, 1.165) is 16.8 Å². The maximum absolute atomic E-state index is 10.9. The highest BCUT2D eigenvalue weighted by molar-refractivity contribution is 5.95. The Kier molecular flexibility index (Phi) is 2.97. The minimum absolute atomic E-state index is 0.0717. The van der Waals surface area contributed by atoms with Crippen LogP contribution >= 0.6 is 0 Å². The number of aromatic carboxylic acids is 1. The maximum Gasteiger partial charge on any atom is 0.357 e. The van der Waals surface area contributed by atoms with Gasteiger partial charge < -0.3 is 5.11 Å². The molecule has 18 heavy (non-hydrogen) atoms. The van der Waals surface area contributed by atoms with Gasteiger partial charge >= 0.3 is 5.97 Å². The number of aldehydes is 1. The number of aromatic nitrogens is 2. The third-order valence-corrected chi connectivity index (χ3v) is 2.67. The fraction of sp³-hybridized carbons (Fsp3) is 0.154. The summed E-state index contributed by atoms with van der Waals surface area (Å²) in [6.07, 6.45) is 1.92. The molecule has 1 aromatic carbocycles. The van der Waals surface area contributed by atoms with E-state index in [4.69, 9.17) is 5.11 Å². The lowest BCUT2D eigenvalue weighted by Crippen LogP contribution is -2.03. The normalized spacial score (nSPS) is 10.3. The summed E-state index contributed by atoms with van der Waals surface area (Å²) in [6, 6.07) is 5.72. The number of hydrogen-bond acceptors (Lipinski definition) is 3. The molecule has 0 spiro atoms. The summed E-state index contributed by atoms with van der Waals surface area (Å²) >= 11 is 0. The molecule has 5 heteroatoms. The van der Waals surface area contributed by atoms with Crippen molar-refractivity contribution in [2.24, 2.45) is 0 Å². The number of rotatable bonds is 3. The van der Waals surface area contributed by atoms with Crippen LogP contribution in [-0.2, 0) is 0 Å². The van der Waals surface area contributed by atoms with Crippen LogP contribution in [-0.4, -0.2) is 27.1 Å². The molecule has 0 saturated carbocycles. The average Bonchev–Trinajstić information content (AvgIpc) is 2.73. The van der Waals surface area contributed by atoms with Gasteiger partial charge in [0.25, 0.3) is 0 Å². The zero-order chi connectivity index (χ0) is 13.3. The summed E-state index contributed by atoms with van der Waals surface area (Å²) in [5.74, 6) is -1.21. The van der Waals surface area contributed by atoms with E-state index in [1.165, 1.54) is 10.9 Å². The summed E-state index contributed by atoms with van der Waals surface area (Å²) in [5.41, 5.74) is 2.67. The molecule has 1 aromatic heterocycles. The van der Waals surface area contributed by atoms with Gasteiger partial charge in [-0.3, -0.25) is 4.79 Å². The Morgan fingerprint density at radius 1 is 1.39 bits per heavy atom. The molecule has 1 N–H and O–H groups in total. The molecule has 0 saturated heterocycles. The van der Waals surface area contributed by atoms with E-state index in [1.807, 2.05) is 32.0 Å². The Morgan fingerprint density at radius 3 is 2.61 bits per heavy atom. The minimum Gasteiger partial charge on any atom is -0.476 e. The highest BCUT2D eigenvalue weighted by Gasteiger charge is 2.16. The van der Waals surface area contributed by atoms with E-state index in [1.54, 1.807) is 0 Å². The number of carbonyl (C=O) groups is 2. The number of aryl methyl sites for hydroxylation is 2. The first-order valence-corrected chi connectivity index (χ1v) is 5.38. The first kappa shape index (κ1) is 12.0. The summed E-state index contributed by atoms with van der Waals surface area (Å²) in [5, 5.41) is 12.9. The second-order valence-electron chi connectivity index (χ2n) is 4.09. The molecule has 92 valence electrons. The van der Waals surface area contributed by atoms with Crippen LogP contribution in [0.3, 0.4) is 0 Å². The molecule has 0 radical (unpaired) electrons. The third kappa shape index (κ3) is 2.02. The molecule has 0 fully saturated rings. The number of carboxylic acids is 1. The Labute approximate surface area is 104 Å². The van der Waals surface area contributed by atoms with E-state index < -0.39 is 5.97 Å². The number of carbonyl (C=O) groups excluding carboxylic acids is 1. The van der Waals surface area contributed by atoms with Gasteiger partial charge in [0, 0.05) is 6.20 Å². The second kappa shape index (κ2) is 4.44. The summed E-state index contributed by atoms with van der Waals surface area (Å²) < 4.78 is 1.42. The predicted molar refractivity (Wildman–Crippen MR) is 65.4 cm³/mol. The second-order valence-corrected chi connectivity index (χ2v) is 4.09. The van der Waals surface area contributed by atoms with Gasteiger partial charge in [-0.1, -0.05) is 17.7 Å². The van der Waals surface area contributed by atoms with Crippen molar-refractivity contribution in [2.45, 2.75) is 13.8 Å². The van der Waals surface area contributed by atoms with Crippen molar-refractivity contribution in [3.63, 3.8) is 0 Å². The van der Waals surface area contributed by atoms with Gasteiger partial charge in [0.15, 0.2) is 12.0 Å². The van der Waals surface area contributed by atoms with Crippen LogP contribution in [0.15, 0.2) is 24.4 Å². The fourth-order valence-electron chi connectivity index (χ4n) is 1.83. The minimum atomic E-state index is -1.21. The van der Waals surface area contributed by atoms with Crippen LogP contribution in [0.4, 0.5) is 0 Å². The van der Waals surface area contributed by atoms with Gasteiger partial charge in [-0.2, -0.15) is 5.10 Å². The summed E-state index contributed by atoms with van der Waals surface area (Å²) in [7, 11) is 0. The van der Waals surface area contributed by atoms with E-state index >= 15 is 0 Å². The zero-order valence-corrected chi connectivity index (χ0v) is 10.0. The summed E-state index contributed by atoms with van der Waals surface area (Å²) in [6.45, 7) is 3.88. The fourth-order valence-corrected chi connectivity index (χ4v) is 1.83. The van der Waals surface area contributed by atoms with E-state index in [9.17, 15) is 9.59 Å². The molecule has 0 unspecified atom stereocenters. The Bertz CT molecular complexity index is 629. The summed E-state index contributed by atoms with van der Waals surface area (Å²) in [4.78, 5) is 21.7. The molecule has 0 aliphatic rings. The molecule has 0 aliphatic heterocycles. The highest BCUT2D eigenvalue weighted by Crippen LogP contribution is 2.16. The third-order valence-electron chi connectivity index (χ3n) is 2.67. The van der Waals surface area contributed by atoms with Gasteiger partial charge in [-0.25, -0.2) is 9.48 Å². The van der Waals surface area contributed by atoms with Gasteiger partial charge in [0.05, 0.1) is 11.3 Å². The van der Waals surface area contributed by atoms with Crippen LogP contribution in [0.25, 0.3) is 5.69 Å². The lowest BCUT2D eigenvalue weighted by molar-refractivity contribution is 0.0687. The average molecular weight is 244 g/mol. The van der Waals surface area contributed by atoms with Gasteiger partial charge in [0.1, 0.15) is 0 Å². The quantitative estimate of drug-likeness (QED) is 0.838. The van der Waals surface area contributed by atoms with Crippen LogP contribution < -0.4 is 0 Å². The molecule has 0 amide bonds. The SMILES string of the molecule is Cc1ccc(-n2cc(C=O)c(C(=O)O)n2)c(C)c1.